The van der Waals surface area contributed by atoms with Gasteiger partial charge in [0.25, 0.3) is 0 Å². The maximum absolute atomic E-state index is 13.4. The summed E-state index contributed by atoms with van der Waals surface area (Å²) in [6.07, 6.45) is 0. The molecule has 1 heterocycles. The third kappa shape index (κ3) is 4.39. The number of carboxylic acid groups (broad SMARTS) is 2. The highest BCUT2D eigenvalue weighted by Crippen LogP contribution is 2.33. The SMILES string of the molecule is Cc1cc(C(C)Nc2ccccc2C(=O)O)c2cc(-c3ccc(F)cc3)c(C(=O)O)nc2c1. The van der Waals surface area contributed by atoms with Crippen LogP contribution in [0.1, 0.15) is 44.9 Å². The van der Waals surface area contributed by atoms with Gasteiger partial charge in [0.2, 0.25) is 0 Å². The summed E-state index contributed by atoms with van der Waals surface area (Å²) >= 11 is 0. The van der Waals surface area contributed by atoms with Gasteiger partial charge >= 0.3 is 11.9 Å². The lowest BCUT2D eigenvalue weighted by atomic mass is 9.95. The molecule has 0 fully saturated rings. The van der Waals surface area contributed by atoms with E-state index in [0.29, 0.717) is 22.3 Å². The van der Waals surface area contributed by atoms with E-state index < -0.39 is 17.8 Å². The first-order valence-electron chi connectivity index (χ1n) is 10.3. The van der Waals surface area contributed by atoms with Gasteiger partial charge in [-0.25, -0.2) is 19.0 Å². The Morgan fingerprint density at radius 3 is 2.33 bits per heavy atom. The van der Waals surface area contributed by atoms with Gasteiger partial charge in [0.1, 0.15) is 5.82 Å². The zero-order valence-corrected chi connectivity index (χ0v) is 18.0. The smallest absolute Gasteiger partial charge is 0.355 e. The molecular weight excluding hydrogens is 423 g/mol. The molecule has 0 aliphatic heterocycles. The lowest BCUT2D eigenvalue weighted by molar-refractivity contribution is 0.0683. The summed E-state index contributed by atoms with van der Waals surface area (Å²) in [6, 6.07) is 17.4. The van der Waals surface area contributed by atoms with Gasteiger partial charge in [0.15, 0.2) is 5.69 Å². The third-order valence-electron chi connectivity index (χ3n) is 5.46. The van der Waals surface area contributed by atoms with Crippen molar-refractivity contribution in [2.45, 2.75) is 19.9 Å². The Morgan fingerprint density at radius 2 is 1.67 bits per heavy atom. The molecule has 0 aliphatic carbocycles. The van der Waals surface area contributed by atoms with Crippen LogP contribution in [0.25, 0.3) is 22.0 Å². The number of anilines is 1. The molecule has 6 nitrogen and oxygen atoms in total. The average molecular weight is 444 g/mol. The number of aromatic carboxylic acids is 2. The molecule has 4 aromatic rings. The number of hydrogen-bond acceptors (Lipinski definition) is 4. The van der Waals surface area contributed by atoms with Gasteiger partial charge in [-0.2, -0.15) is 0 Å². The number of hydrogen-bond donors (Lipinski definition) is 3. The molecule has 1 unspecified atom stereocenters. The van der Waals surface area contributed by atoms with Crippen molar-refractivity contribution in [3.63, 3.8) is 0 Å². The highest BCUT2D eigenvalue weighted by atomic mass is 19.1. The molecule has 4 rings (SSSR count). The molecule has 0 spiro atoms. The first kappa shape index (κ1) is 22.0. The number of nitrogens with one attached hydrogen (secondary N) is 1. The van der Waals surface area contributed by atoms with Gasteiger partial charge in [-0.15, -0.1) is 0 Å². The number of pyridine rings is 1. The molecule has 33 heavy (non-hydrogen) atoms. The van der Waals surface area contributed by atoms with Crippen LogP contribution in [0, 0.1) is 12.7 Å². The number of aromatic nitrogens is 1. The predicted molar refractivity (Wildman–Crippen MR) is 124 cm³/mol. The zero-order chi connectivity index (χ0) is 23.7. The molecule has 0 radical (unpaired) electrons. The Hall–Kier alpha value is -4.26. The molecule has 0 saturated heterocycles. The Bertz CT molecular complexity index is 1380. The van der Waals surface area contributed by atoms with Crippen molar-refractivity contribution in [2.24, 2.45) is 0 Å². The van der Waals surface area contributed by atoms with E-state index in [1.54, 1.807) is 30.3 Å². The zero-order valence-electron chi connectivity index (χ0n) is 18.0. The number of nitrogens with zero attached hydrogens (tertiary/aromatic N) is 1. The van der Waals surface area contributed by atoms with Gasteiger partial charge in [-0.05, 0) is 66.9 Å². The summed E-state index contributed by atoms with van der Waals surface area (Å²) in [6.45, 7) is 3.78. The van der Waals surface area contributed by atoms with Crippen LogP contribution in [0.3, 0.4) is 0 Å². The van der Waals surface area contributed by atoms with Crippen LogP contribution < -0.4 is 5.32 Å². The number of rotatable bonds is 6. The Balaban J connectivity index is 1.88. The fourth-order valence-electron chi connectivity index (χ4n) is 3.93. The topological polar surface area (TPSA) is 99.5 Å². The molecule has 0 bridgehead atoms. The van der Waals surface area contributed by atoms with E-state index in [0.717, 1.165) is 16.5 Å². The molecule has 0 amide bonds. The third-order valence-corrected chi connectivity index (χ3v) is 5.46. The highest BCUT2D eigenvalue weighted by molar-refractivity contribution is 6.00. The molecule has 166 valence electrons. The molecule has 0 aliphatic rings. The Morgan fingerprint density at radius 1 is 0.970 bits per heavy atom. The van der Waals surface area contributed by atoms with Gasteiger partial charge in [-0.1, -0.05) is 30.3 Å². The van der Waals surface area contributed by atoms with Crippen LogP contribution in [0.4, 0.5) is 10.1 Å². The summed E-state index contributed by atoms with van der Waals surface area (Å²) in [5.74, 6) is -2.64. The van der Waals surface area contributed by atoms with Crippen molar-refractivity contribution in [2.75, 3.05) is 5.32 Å². The van der Waals surface area contributed by atoms with Crippen molar-refractivity contribution in [1.82, 2.24) is 4.98 Å². The second-order valence-corrected chi connectivity index (χ2v) is 7.83. The van der Waals surface area contributed by atoms with Gasteiger partial charge < -0.3 is 15.5 Å². The molecule has 1 aromatic heterocycles. The van der Waals surface area contributed by atoms with E-state index in [1.165, 1.54) is 30.3 Å². The van der Waals surface area contributed by atoms with E-state index in [1.807, 2.05) is 19.9 Å². The van der Waals surface area contributed by atoms with Crippen LogP contribution in [-0.4, -0.2) is 27.1 Å². The second-order valence-electron chi connectivity index (χ2n) is 7.83. The molecule has 3 N–H and O–H groups in total. The Labute approximate surface area is 189 Å². The molecular formula is C26H21FN2O4. The maximum Gasteiger partial charge on any atom is 0.355 e. The minimum atomic E-state index is -1.18. The predicted octanol–water partition coefficient (Wildman–Crippen LogP) is 5.92. The standard InChI is InChI=1S/C26H21FN2O4/c1-14-11-19(15(2)28-22-6-4-3-5-18(22)25(30)31)21-13-20(16-7-9-17(27)10-8-16)24(26(32)33)29-23(21)12-14/h3-13,15,28H,1-2H3,(H,30,31)(H,32,33). The largest absolute Gasteiger partial charge is 0.478 e. The monoisotopic (exact) mass is 444 g/mol. The summed E-state index contributed by atoms with van der Waals surface area (Å²) in [5.41, 5.74) is 3.63. The van der Waals surface area contributed by atoms with Crippen LogP contribution in [0.5, 0.6) is 0 Å². The first-order chi connectivity index (χ1) is 15.7. The van der Waals surface area contributed by atoms with E-state index in [-0.39, 0.29) is 17.3 Å². The lowest BCUT2D eigenvalue weighted by Crippen LogP contribution is -2.12. The van der Waals surface area contributed by atoms with Gasteiger partial charge in [-0.3, -0.25) is 0 Å². The van der Waals surface area contributed by atoms with Crippen LogP contribution in [0.15, 0.2) is 66.7 Å². The van der Waals surface area contributed by atoms with E-state index in [2.05, 4.69) is 10.3 Å². The van der Waals surface area contributed by atoms with E-state index >= 15 is 0 Å². The summed E-state index contributed by atoms with van der Waals surface area (Å²) in [7, 11) is 0. The highest BCUT2D eigenvalue weighted by Gasteiger charge is 2.20. The molecule has 3 aromatic carbocycles. The van der Waals surface area contributed by atoms with E-state index in [4.69, 9.17) is 0 Å². The Kier molecular flexibility index (Phi) is 5.79. The van der Waals surface area contributed by atoms with Crippen molar-refractivity contribution >= 4 is 28.5 Å². The van der Waals surface area contributed by atoms with Crippen molar-refractivity contribution in [1.29, 1.82) is 0 Å². The molecule has 0 saturated carbocycles. The number of aryl methyl sites for hydroxylation is 1. The number of para-hydroxylation sites is 1. The van der Waals surface area contributed by atoms with Crippen LogP contribution in [-0.2, 0) is 0 Å². The second kappa shape index (κ2) is 8.70. The number of carbonyl (C=O) groups is 2. The molecule has 1 atom stereocenters. The number of carboxylic acids is 2. The van der Waals surface area contributed by atoms with Crippen LogP contribution >= 0.6 is 0 Å². The van der Waals surface area contributed by atoms with Crippen molar-refractivity contribution in [3.05, 3.63) is 94.9 Å². The van der Waals surface area contributed by atoms with E-state index in [9.17, 15) is 24.2 Å². The fourth-order valence-corrected chi connectivity index (χ4v) is 3.93. The van der Waals surface area contributed by atoms with Crippen molar-refractivity contribution < 1.29 is 24.2 Å². The van der Waals surface area contributed by atoms with Crippen molar-refractivity contribution in [3.8, 4) is 11.1 Å². The number of halogens is 1. The molecule has 7 heteroatoms. The maximum atomic E-state index is 13.4. The number of benzene rings is 3. The lowest BCUT2D eigenvalue weighted by Gasteiger charge is -2.20. The van der Waals surface area contributed by atoms with Gasteiger partial charge in [0, 0.05) is 22.7 Å². The quantitative estimate of drug-likeness (QED) is 0.341. The average Bonchev–Trinajstić information content (AvgIpc) is 2.78. The fraction of sp³-hybridized carbons (Fsp3) is 0.115. The first-order valence-corrected chi connectivity index (χ1v) is 10.3. The van der Waals surface area contributed by atoms with Gasteiger partial charge in [0.05, 0.1) is 11.1 Å². The van der Waals surface area contributed by atoms with Crippen LogP contribution in [0.2, 0.25) is 0 Å². The minimum absolute atomic E-state index is 0.123. The summed E-state index contributed by atoms with van der Waals surface area (Å²) in [4.78, 5) is 28.0. The number of fused-ring (bicyclic) bond motifs is 1. The minimum Gasteiger partial charge on any atom is -0.478 e. The summed E-state index contributed by atoms with van der Waals surface area (Å²) in [5, 5.41) is 23.2. The summed E-state index contributed by atoms with van der Waals surface area (Å²) < 4.78 is 13.4. The normalized spacial score (nSPS) is 11.8.